The predicted octanol–water partition coefficient (Wildman–Crippen LogP) is 2.75. The number of hydrogen-bond acceptors (Lipinski definition) is 4. The summed E-state index contributed by atoms with van der Waals surface area (Å²) in [5.74, 6) is -1.63. The minimum absolute atomic E-state index is 0.000494. The number of rotatable bonds is 3. The van der Waals surface area contributed by atoms with Crippen LogP contribution in [0.15, 0.2) is 29.8 Å². The number of nitrogens with zero attached hydrogens (tertiary/aromatic N) is 1. The van der Waals surface area contributed by atoms with Crippen LogP contribution in [0.3, 0.4) is 0 Å². The monoisotopic (exact) mass is 282 g/mol. The molecule has 0 bridgehead atoms. The fraction of sp³-hybridized carbons (Fsp3) is 0. The van der Waals surface area contributed by atoms with Gasteiger partial charge in [0.05, 0.1) is 5.02 Å². The van der Waals surface area contributed by atoms with Crippen molar-refractivity contribution in [1.82, 2.24) is 4.98 Å². The van der Waals surface area contributed by atoms with Gasteiger partial charge in [0.1, 0.15) is 16.3 Å². The van der Waals surface area contributed by atoms with E-state index in [1.807, 2.05) is 0 Å². The van der Waals surface area contributed by atoms with E-state index in [1.165, 1.54) is 29.7 Å². The lowest BCUT2D eigenvalue weighted by Gasteiger charge is -2.05. The number of amides is 1. The van der Waals surface area contributed by atoms with Gasteiger partial charge in [-0.1, -0.05) is 11.6 Å². The number of halogens is 1. The number of carbonyl (C=O) groups excluding carboxylic acids is 1. The lowest BCUT2D eigenvalue weighted by molar-refractivity contribution is 0.0697. The minimum atomic E-state index is -1.16. The predicted molar refractivity (Wildman–Crippen MR) is 68.5 cm³/mol. The molecule has 2 N–H and O–H groups in total. The molecule has 0 fully saturated rings. The number of aromatic nitrogens is 1. The molecule has 0 unspecified atom stereocenters. The van der Waals surface area contributed by atoms with Crippen molar-refractivity contribution in [3.8, 4) is 0 Å². The van der Waals surface area contributed by atoms with Gasteiger partial charge >= 0.3 is 5.97 Å². The quantitative estimate of drug-likeness (QED) is 0.907. The number of nitrogens with one attached hydrogen (secondary N) is 1. The highest BCUT2D eigenvalue weighted by Crippen LogP contribution is 2.23. The highest BCUT2D eigenvalue weighted by Gasteiger charge is 2.16. The summed E-state index contributed by atoms with van der Waals surface area (Å²) in [5.41, 5.74) is -0.0708. The molecule has 0 aliphatic heterocycles. The zero-order chi connectivity index (χ0) is 13.1. The molecule has 2 aromatic rings. The summed E-state index contributed by atoms with van der Waals surface area (Å²) in [6.45, 7) is 0. The molecule has 0 aliphatic rings. The normalized spacial score (nSPS) is 10.1. The van der Waals surface area contributed by atoms with Crippen LogP contribution in [0, 0.1) is 0 Å². The van der Waals surface area contributed by atoms with E-state index in [1.54, 1.807) is 11.4 Å². The maximum atomic E-state index is 11.9. The molecule has 5 nitrogen and oxygen atoms in total. The average molecular weight is 283 g/mol. The summed E-state index contributed by atoms with van der Waals surface area (Å²) in [4.78, 5) is 26.9. The maximum absolute atomic E-state index is 11.9. The Kier molecular flexibility index (Phi) is 3.59. The van der Waals surface area contributed by atoms with Gasteiger partial charge in [0, 0.05) is 6.20 Å². The second kappa shape index (κ2) is 5.16. The summed E-state index contributed by atoms with van der Waals surface area (Å²) in [7, 11) is 0. The van der Waals surface area contributed by atoms with Crippen molar-refractivity contribution in [2.75, 3.05) is 5.32 Å². The number of aromatic carboxylic acids is 1. The summed E-state index contributed by atoms with van der Waals surface area (Å²) in [5, 5.41) is 13.4. The second-order valence-corrected chi connectivity index (χ2v) is 4.58. The van der Waals surface area contributed by atoms with E-state index in [4.69, 9.17) is 16.7 Å². The van der Waals surface area contributed by atoms with E-state index in [0.29, 0.717) is 9.90 Å². The summed E-state index contributed by atoms with van der Waals surface area (Å²) < 4.78 is 0. The standard InChI is InChI=1S/C11H7ClN2O3S/c12-7-3-5-18-8(7)10(15)14-9-6(11(16)17)2-1-4-13-9/h1-5H,(H,16,17)(H,13,14,15). The van der Waals surface area contributed by atoms with E-state index in [0.717, 1.165) is 0 Å². The van der Waals surface area contributed by atoms with Crippen molar-refractivity contribution in [2.45, 2.75) is 0 Å². The van der Waals surface area contributed by atoms with Crippen LogP contribution in [0.25, 0.3) is 0 Å². The highest BCUT2D eigenvalue weighted by atomic mass is 35.5. The lowest BCUT2D eigenvalue weighted by Crippen LogP contribution is -2.15. The Morgan fingerprint density at radius 2 is 2.17 bits per heavy atom. The van der Waals surface area contributed by atoms with Crippen LogP contribution in [-0.2, 0) is 0 Å². The zero-order valence-corrected chi connectivity index (χ0v) is 10.5. The first-order valence-electron chi connectivity index (χ1n) is 4.82. The third-order valence-electron chi connectivity index (χ3n) is 2.09. The van der Waals surface area contributed by atoms with E-state index in [-0.39, 0.29) is 11.4 Å². The number of carbonyl (C=O) groups is 2. The third-order valence-corrected chi connectivity index (χ3v) is 3.43. The van der Waals surface area contributed by atoms with Crippen LogP contribution in [0.1, 0.15) is 20.0 Å². The number of anilines is 1. The molecule has 0 aliphatic carbocycles. The Balaban J connectivity index is 2.28. The third kappa shape index (κ3) is 2.49. The molecule has 0 saturated carbocycles. The van der Waals surface area contributed by atoms with E-state index in [2.05, 4.69) is 10.3 Å². The summed E-state index contributed by atoms with van der Waals surface area (Å²) in [6, 6.07) is 4.44. The number of carboxylic acid groups (broad SMARTS) is 1. The highest BCUT2D eigenvalue weighted by molar-refractivity contribution is 7.12. The number of hydrogen-bond donors (Lipinski definition) is 2. The number of pyridine rings is 1. The Hall–Kier alpha value is -1.92. The van der Waals surface area contributed by atoms with Gasteiger partial charge in [-0.05, 0) is 23.6 Å². The molecule has 0 spiro atoms. The minimum Gasteiger partial charge on any atom is -0.478 e. The van der Waals surface area contributed by atoms with Gasteiger partial charge in [-0.3, -0.25) is 4.79 Å². The Morgan fingerprint density at radius 1 is 1.39 bits per heavy atom. The van der Waals surface area contributed by atoms with E-state index < -0.39 is 11.9 Å². The average Bonchev–Trinajstić information content (AvgIpc) is 2.76. The Morgan fingerprint density at radius 3 is 2.78 bits per heavy atom. The van der Waals surface area contributed by atoms with Crippen LogP contribution in [-0.4, -0.2) is 22.0 Å². The molecule has 18 heavy (non-hydrogen) atoms. The summed E-state index contributed by atoms with van der Waals surface area (Å²) >= 11 is 6.99. The van der Waals surface area contributed by atoms with Crippen molar-refractivity contribution >= 4 is 40.6 Å². The van der Waals surface area contributed by atoms with E-state index >= 15 is 0 Å². The van der Waals surface area contributed by atoms with Gasteiger partial charge in [0.2, 0.25) is 0 Å². The Labute approximate surface area is 111 Å². The number of carboxylic acids is 1. The molecule has 7 heteroatoms. The van der Waals surface area contributed by atoms with Crippen LogP contribution in [0.5, 0.6) is 0 Å². The number of thiophene rings is 1. The molecule has 1 amide bonds. The SMILES string of the molecule is O=C(O)c1cccnc1NC(=O)c1sccc1Cl. The van der Waals surface area contributed by atoms with Gasteiger partial charge < -0.3 is 10.4 Å². The van der Waals surface area contributed by atoms with Crippen molar-refractivity contribution in [3.05, 3.63) is 45.2 Å². The fourth-order valence-corrected chi connectivity index (χ4v) is 2.33. The van der Waals surface area contributed by atoms with Crippen LogP contribution < -0.4 is 5.32 Å². The van der Waals surface area contributed by atoms with Crippen molar-refractivity contribution in [1.29, 1.82) is 0 Å². The first kappa shape index (κ1) is 12.5. The molecule has 0 radical (unpaired) electrons. The molecule has 92 valence electrons. The molecule has 2 aromatic heterocycles. The molecular formula is C11H7ClN2O3S. The largest absolute Gasteiger partial charge is 0.478 e. The van der Waals surface area contributed by atoms with Gasteiger partial charge in [-0.15, -0.1) is 11.3 Å². The van der Waals surface area contributed by atoms with Gasteiger partial charge in [-0.2, -0.15) is 0 Å². The van der Waals surface area contributed by atoms with Gasteiger partial charge in [0.15, 0.2) is 0 Å². The lowest BCUT2D eigenvalue weighted by atomic mass is 10.2. The molecule has 0 aromatic carbocycles. The smallest absolute Gasteiger partial charge is 0.339 e. The fourth-order valence-electron chi connectivity index (χ4n) is 1.30. The van der Waals surface area contributed by atoms with Gasteiger partial charge in [-0.25, -0.2) is 9.78 Å². The van der Waals surface area contributed by atoms with Gasteiger partial charge in [0.25, 0.3) is 5.91 Å². The van der Waals surface area contributed by atoms with Crippen molar-refractivity contribution < 1.29 is 14.7 Å². The molecule has 2 heterocycles. The van der Waals surface area contributed by atoms with Crippen LogP contribution >= 0.6 is 22.9 Å². The molecular weight excluding hydrogens is 276 g/mol. The molecule has 0 atom stereocenters. The van der Waals surface area contributed by atoms with E-state index in [9.17, 15) is 9.59 Å². The second-order valence-electron chi connectivity index (χ2n) is 3.26. The first-order chi connectivity index (χ1) is 8.59. The van der Waals surface area contributed by atoms with Crippen LogP contribution in [0.2, 0.25) is 5.02 Å². The Bertz CT molecular complexity index is 612. The summed E-state index contributed by atoms with van der Waals surface area (Å²) in [6.07, 6.45) is 1.40. The van der Waals surface area contributed by atoms with Crippen LogP contribution in [0.4, 0.5) is 5.82 Å². The van der Waals surface area contributed by atoms with Crippen molar-refractivity contribution in [3.63, 3.8) is 0 Å². The maximum Gasteiger partial charge on any atom is 0.339 e. The zero-order valence-electron chi connectivity index (χ0n) is 8.88. The topological polar surface area (TPSA) is 79.3 Å². The van der Waals surface area contributed by atoms with Crippen molar-refractivity contribution in [2.24, 2.45) is 0 Å². The first-order valence-corrected chi connectivity index (χ1v) is 6.08. The molecule has 2 rings (SSSR count). The molecule has 0 saturated heterocycles.